The fourth-order valence-electron chi connectivity index (χ4n) is 2.39. The third-order valence-electron chi connectivity index (χ3n) is 3.64. The van der Waals surface area contributed by atoms with Crippen molar-refractivity contribution < 1.29 is 9.53 Å². The van der Waals surface area contributed by atoms with Gasteiger partial charge in [-0.1, -0.05) is 0 Å². The predicted molar refractivity (Wildman–Crippen MR) is 83.7 cm³/mol. The molecule has 4 N–H and O–H groups in total. The number of rotatable bonds is 6. The molecule has 0 radical (unpaired) electrons. The highest BCUT2D eigenvalue weighted by molar-refractivity contribution is 5.95. The molecule has 1 aliphatic rings. The number of carbonyl (C=O) groups is 1. The molecule has 1 aromatic rings. The summed E-state index contributed by atoms with van der Waals surface area (Å²) in [5.41, 5.74) is 6.84. The summed E-state index contributed by atoms with van der Waals surface area (Å²) in [6.07, 6.45) is 0.956. The highest BCUT2D eigenvalue weighted by Crippen LogP contribution is 2.21. The van der Waals surface area contributed by atoms with Gasteiger partial charge in [-0.3, -0.25) is 4.79 Å². The van der Waals surface area contributed by atoms with Gasteiger partial charge in [-0.2, -0.15) is 0 Å². The molecule has 0 atom stereocenters. The monoisotopic (exact) mass is 292 g/mol. The van der Waals surface area contributed by atoms with Gasteiger partial charge in [0, 0.05) is 38.3 Å². The van der Waals surface area contributed by atoms with Crippen LogP contribution in [0.2, 0.25) is 0 Å². The number of anilines is 1. The zero-order valence-corrected chi connectivity index (χ0v) is 12.5. The fraction of sp³-hybridized carbons (Fsp3) is 0.533. The first-order valence-electron chi connectivity index (χ1n) is 7.35. The molecular formula is C15H24N4O2. The molecule has 1 fully saturated rings. The minimum absolute atomic E-state index is 0.0892. The summed E-state index contributed by atoms with van der Waals surface area (Å²) in [7, 11) is 1.54. The maximum atomic E-state index is 12.0. The minimum Gasteiger partial charge on any atom is -0.495 e. The number of nitrogen functional groups attached to an aromatic ring is 1. The molecule has 1 amide bonds. The van der Waals surface area contributed by atoms with Gasteiger partial charge < -0.3 is 26.0 Å². The molecule has 6 nitrogen and oxygen atoms in total. The molecular weight excluding hydrogens is 268 g/mol. The van der Waals surface area contributed by atoms with Crippen LogP contribution in [0.5, 0.6) is 5.75 Å². The minimum atomic E-state index is -0.0892. The SMILES string of the molecule is COc1cc(C(=O)NCCCN2CCNCC2)ccc1N. The smallest absolute Gasteiger partial charge is 0.251 e. The first kappa shape index (κ1) is 15.6. The van der Waals surface area contributed by atoms with Crippen LogP contribution in [0.25, 0.3) is 0 Å². The molecule has 1 saturated heterocycles. The van der Waals surface area contributed by atoms with E-state index in [-0.39, 0.29) is 5.91 Å². The van der Waals surface area contributed by atoms with Gasteiger partial charge in [-0.15, -0.1) is 0 Å². The van der Waals surface area contributed by atoms with E-state index < -0.39 is 0 Å². The summed E-state index contributed by atoms with van der Waals surface area (Å²) < 4.78 is 5.12. The third kappa shape index (κ3) is 4.61. The Morgan fingerprint density at radius 3 is 2.90 bits per heavy atom. The van der Waals surface area contributed by atoms with Gasteiger partial charge >= 0.3 is 0 Å². The molecule has 2 rings (SSSR count). The van der Waals surface area contributed by atoms with Gasteiger partial charge in [0.25, 0.3) is 5.91 Å². The lowest BCUT2D eigenvalue weighted by Crippen LogP contribution is -2.44. The van der Waals surface area contributed by atoms with Gasteiger partial charge in [-0.05, 0) is 31.2 Å². The molecule has 0 spiro atoms. The third-order valence-corrected chi connectivity index (χ3v) is 3.64. The first-order chi connectivity index (χ1) is 10.2. The summed E-state index contributed by atoms with van der Waals surface area (Å²) in [4.78, 5) is 14.5. The summed E-state index contributed by atoms with van der Waals surface area (Å²) in [6, 6.07) is 5.07. The number of nitrogens with zero attached hydrogens (tertiary/aromatic N) is 1. The number of amides is 1. The van der Waals surface area contributed by atoms with Crippen LogP contribution in [0.4, 0.5) is 5.69 Å². The van der Waals surface area contributed by atoms with E-state index in [0.29, 0.717) is 23.5 Å². The number of benzene rings is 1. The standard InChI is InChI=1S/C15H24N4O2/c1-21-14-11-12(3-4-13(14)16)15(20)18-5-2-8-19-9-6-17-7-10-19/h3-4,11,17H,2,5-10,16H2,1H3,(H,18,20). The number of nitrogens with two attached hydrogens (primary N) is 1. The molecule has 0 aromatic heterocycles. The largest absolute Gasteiger partial charge is 0.495 e. The summed E-state index contributed by atoms with van der Waals surface area (Å²) >= 11 is 0. The normalized spacial score (nSPS) is 15.7. The van der Waals surface area contributed by atoms with Crippen LogP contribution >= 0.6 is 0 Å². The van der Waals surface area contributed by atoms with E-state index in [1.165, 1.54) is 0 Å². The zero-order valence-electron chi connectivity index (χ0n) is 12.5. The lowest BCUT2D eigenvalue weighted by molar-refractivity contribution is 0.0951. The van der Waals surface area contributed by atoms with Gasteiger partial charge in [0.1, 0.15) is 5.75 Å². The topological polar surface area (TPSA) is 79.6 Å². The molecule has 21 heavy (non-hydrogen) atoms. The Morgan fingerprint density at radius 1 is 1.43 bits per heavy atom. The van der Waals surface area contributed by atoms with E-state index in [2.05, 4.69) is 15.5 Å². The molecule has 116 valence electrons. The van der Waals surface area contributed by atoms with E-state index in [9.17, 15) is 4.79 Å². The average molecular weight is 292 g/mol. The molecule has 0 unspecified atom stereocenters. The van der Waals surface area contributed by atoms with Crippen LogP contribution < -0.4 is 21.1 Å². The van der Waals surface area contributed by atoms with Gasteiger partial charge in [0.15, 0.2) is 0 Å². The number of hydrogen-bond acceptors (Lipinski definition) is 5. The summed E-state index contributed by atoms with van der Waals surface area (Å²) in [5, 5.41) is 6.26. The maximum Gasteiger partial charge on any atom is 0.251 e. The fourth-order valence-corrected chi connectivity index (χ4v) is 2.39. The Balaban J connectivity index is 1.74. The number of nitrogens with one attached hydrogen (secondary N) is 2. The molecule has 0 bridgehead atoms. The van der Waals surface area contributed by atoms with Crippen molar-refractivity contribution in [1.82, 2.24) is 15.5 Å². The van der Waals surface area contributed by atoms with Gasteiger partial charge in [0.05, 0.1) is 12.8 Å². The number of ether oxygens (including phenoxy) is 1. The molecule has 1 heterocycles. The van der Waals surface area contributed by atoms with E-state index >= 15 is 0 Å². The van der Waals surface area contributed by atoms with E-state index in [0.717, 1.165) is 39.1 Å². The number of carbonyl (C=O) groups excluding carboxylic acids is 1. The lowest BCUT2D eigenvalue weighted by atomic mass is 10.1. The Labute approximate surface area is 125 Å². The van der Waals surface area contributed by atoms with Crippen LogP contribution in [0.15, 0.2) is 18.2 Å². The lowest BCUT2D eigenvalue weighted by Gasteiger charge is -2.27. The highest BCUT2D eigenvalue weighted by atomic mass is 16.5. The summed E-state index contributed by atoms with van der Waals surface area (Å²) in [5.74, 6) is 0.442. The van der Waals surface area contributed by atoms with Crippen LogP contribution in [-0.4, -0.2) is 57.2 Å². The second kappa shape index (κ2) is 7.85. The van der Waals surface area contributed by atoms with Crippen LogP contribution in [0, 0.1) is 0 Å². The van der Waals surface area contributed by atoms with Crippen molar-refractivity contribution in [2.24, 2.45) is 0 Å². The second-order valence-electron chi connectivity index (χ2n) is 5.16. The molecule has 0 aliphatic carbocycles. The highest BCUT2D eigenvalue weighted by Gasteiger charge is 2.10. The Hall–Kier alpha value is -1.79. The number of methoxy groups -OCH3 is 1. The number of piperazine rings is 1. The van der Waals surface area contributed by atoms with Crippen molar-refractivity contribution in [1.29, 1.82) is 0 Å². The zero-order chi connectivity index (χ0) is 15.1. The van der Waals surface area contributed by atoms with Crippen LogP contribution in [-0.2, 0) is 0 Å². The van der Waals surface area contributed by atoms with Crippen molar-refractivity contribution >= 4 is 11.6 Å². The van der Waals surface area contributed by atoms with Gasteiger partial charge in [0.2, 0.25) is 0 Å². The molecule has 1 aliphatic heterocycles. The molecule has 6 heteroatoms. The van der Waals surface area contributed by atoms with E-state index in [1.807, 2.05) is 0 Å². The summed E-state index contributed by atoms with van der Waals surface area (Å²) in [6.45, 7) is 5.98. The first-order valence-corrected chi connectivity index (χ1v) is 7.35. The van der Waals surface area contributed by atoms with Crippen molar-refractivity contribution in [2.75, 3.05) is 52.1 Å². The number of hydrogen-bond donors (Lipinski definition) is 3. The Bertz CT molecular complexity index is 473. The molecule has 1 aromatic carbocycles. The maximum absolute atomic E-state index is 12.0. The van der Waals surface area contributed by atoms with Crippen LogP contribution in [0.3, 0.4) is 0 Å². The van der Waals surface area contributed by atoms with E-state index in [4.69, 9.17) is 10.5 Å². The van der Waals surface area contributed by atoms with Crippen molar-refractivity contribution in [2.45, 2.75) is 6.42 Å². The van der Waals surface area contributed by atoms with Gasteiger partial charge in [-0.25, -0.2) is 0 Å². The van der Waals surface area contributed by atoms with Crippen molar-refractivity contribution in [3.8, 4) is 5.75 Å². The average Bonchev–Trinajstić information content (AvgIpc) is 2.53. The van der Waals surface area contributed by atoms with E-state index in [1.54, 1.807) is 25.3 Å². The molecule has 0 saturated carbocycles. The van der Waals surface area contributed by atoms with Crippen molar-refractivity contribution in [3.63, 3.8) is 0 Å². The predicted octanol–water partition coefficient (Wildman–Crippen LogP) is 0.303. The second-order valence-corrected chi connectivity index (χ2v) is 5.16. The quantitative estimate of drug-likeness (QED) is 0.519. The Kier molecular flexibility index (Phi) is 5.83. The van der Waals surface area contributed by atoms with Crippen LogP contribution in [0.1, 0.15) is 16.8 Å². The Morgan fingerprint density at radius 2 is 2.19 bits per heavy atom. The van der Waals surface area contributed by atoms with Crippen molar-refractivity contribution in [3.05, 3.63) is 23.8 Å².